The maximum atomic E-state index is 15.1. The maximum absolute atomic E-state index is 15.1. The van der Waals surface area contributed by atoms with Gasteiger partial charge in [0.2, 0.25) is 5.60 Å². The van der Waals surface area contributed by atoms with E-state index < -0.39 is 53.4 Å². The molecule has 2 aromatic heterocycles. The van der Waals surface area contributed by atoms with Gasteiger partial charge in [0, 0.05) is 36.4 Å². The van der Waals surface area contributed by atoms with E-state index in [4.69, 9.17) is 19.2 Å². The number of fused-ring (bicyclic) bond motifs is 5. The lowest BCUT2D eigenvalue weighted by molar-refractivity contribution is -0.188. The first-order chi connectivity index (χ1) is 20.0. The van der Waals surface area contributed by atoms with Crippen molar-refractivity contribution in [1.29, 1.82) is 0 Å². The summed E-state index contributed by atoms with van der Waals surface area (Å²) in [6.07, 6.45) is 0.965. The van der Waals surface area contributed by atoms with Gasteiger partial charge in [-0.15, -0.1) is 0 Å². The lowest BCUT2D eigenvalue weighted by Crippen LogP contribution is -2.47. The molecule has 1 N–H and O–H groups in total. The molecule has 2 aliphatic heterocycles. The van der Waals surface area contributed by atoms with Crippen LogP contribution in [0.25, 0.3) is 22.3 Å². The first-order valence-electron chi connectivity index (χ1n) is 13.7. The summed E-state index contributed by atoms with van der Waals surface area (Å²) in [5.41, 5.74) is 2.00. The van der Waals surface area contributed by atoms with Crippen molar-refractivity contribution in [1.82, 2.24) is 14.9 Å². The van der Waals surface area contributed by atoms with Gasteiger partial charge < -0.3 is 24.1 Å². The molecule has 218 valence electrons. The molecule has 6 rings (SSSR count). The number of rotatable bonds is 5. The lowest BCUT2D eigenvalue weighted by atomic mass is 9.81. The van der Waals surface area contributed by atoms with E-state index >= 15 is 4.39 Å². The predicted molar refractivity (Wildman–Crippen MR) is 145 cm³/mol. The Hall–Kier alpha value is -4.61. The van der Waals surface area contributed by atoms with Crippen LogP contribution >= 0.6 is 0 Å². The van der Waals surface area contributed by atoms with Gasteiger partial charge in [-0.25, -0.2) is 14.2 Å². The highest BCUT2D eigenvalue weighted by Gasteiger charge is 2.50. The normalized spacial score (nSPS) is 19.8. The number of cyclic esters (lactones) is 1. The van der Waals surface area contributed by atoms with E-state index in [1.165, 1.54) is 24.5 Å². The molecule has 4 heterocycles. The zero-order valence-electron chi connectivity index (χ0n) is 23.5. The Bertz CT molecular complexity index is 1810. The Morgan fingerprint density at radius 1 is 1.17 bits per heavy atom. The molecule has 3 aromatic rings. The van der Waals surface area contributed by atoms with Gasteiger partial charge in [-0.2, -0.15) is 0 Å². The summed E-state index contributed by atoms with van der Waals surface area (Å²) in [6, 6.07) is 2.45. The molecular weight excluding hydrogens is 549 g/mol. The van der Waals surface area contributed by atoms with Crippen molar-refractivity contribution in [2.75, 3.05) is 6.61 Å². The zero-order valence-corrected chi connectivity index (χ0v) is 23.5. The monoisotopic (exact) mass is 577 g/mol. The molecule has 42 heavy (non-hydrogen) atoms. The molecular formula is C30H28FN3O8. The molecule has 3 aliphatic rings. The standard InChI is InChI=1S/C30H28FN3O8/c1-5-30(42-15(4)36)19-8-23-27-17(10-34(23)28(38)18(19)11-41-29(30)39)26-21(32-24(37)12-40-14(3)35)7-6-16-13(2)20(31)9-22(33-27)25(16)26/h8-9,21H,5-7,10-12H2,1-4H3,(H,32,37)/t21-,30-/m0/s1. The van der Waals surface area contributed by atoms with Crippen molar-refractivity contribution in [3.63, 3.8) is 0 Å². The summed E-state index contributed by atoms with van der Waals surface area (Å²) in [4.78, 5) is 67.7. The molecule has 1 amide bonds. The van der Waals surface area contributed by atoms with E-state index in [1.807, 2.05) is 0 Å². The van der Waals surface area contributed by atoms with Crippen LogP contribution in [0.1, 0.15) is 73.0 Å². The van der Waals surface area contributed by atoms with Crippen LogP contribution in [0.4, 0.5) is 4.39 Å². The molecule has 0 fully saturated rings. The quantitative estimate of drug-likeness (QED) is 0.280. The fourth-order valence-corrected chi connectivity index (χ4v) is 6.50. The molecule has 11 nitrogen and oxygen atoms in total. The van der Waals surface area contributed by atoms with Crippen molar-refractivity contribution in [2.24, 2.45) is 0 Å². The number of hydrogen-bond acceptors (Lipinski definition) is 9. The Labute approximate surface area is 239 Å². The van der Waals surface area contributed by atoms with Gasteiger partial charge in [-0.3, -0.25) is 19.2 Å². The molecule has 2 atom stereocenters. The van der Waals surface area contributed by atoms with E-state index in [-0.39, 0.29) is 30.7 Å². The van der Waals surface area contributed by atoms with Crippen LogP contribution in [0.5, 0.6) is 0 Å². The van der Waals surface area contributed by atoms with E-state index in [0.29, 0.717) is 51.8 Å². The van der Waals surface area contributed by atoms with Crippen molar-refractivity contribution < 1.29 is 37.8 Å². The minimum atomic E-state index is -1.80. The van der Waals surface area contributed by atoms with Crippen LogP contribution in [0, 0.1) is 12.7 Å². The van der Waals surface area contributed by atoms with Gasteiger partial charge >= 0.3 is 17.9 Å². The number of pyridine rings is 2. The maximum Gasteiger partial charge on any atom is 0.355 e. The van der Waals surface area contributed by atoms with Gasteiger partial charge in [0.25, 0.3) is 11.5 Å². The van der Waals surface area contributed by atoms with Crippen LogP contribution in [0.2, 0.25) is 0 Å². The molecule has 0 unspecified atom stereocenters. The molecule has 1 aliphatic carbocycles. The zero-order chi connectivity index (χ0) is 30.1. The Kier molecular flexibility index (Phi) is 6.39. The van der Waals surface area contributed by atoms with Crippen LogP contribution in [-0.2, 0) is 58.6 Å². The highest BCUT2D eigenvalue weighted by molar-refractivity contribution is 5.94. The number of amides is 1. The Morgan fingerprint density at radius 3 is 2.62 bits per heavy atom. The van der Waals surface area contributed by atoms with E-state index in [0.717, 1.165) is 5.56 Å². The van der Waals surface area contributed by atoms with Gasteiger partial charge in [-0.1, -0.05) is 6.92 Å². The van der Waals surface area contributed by atoms with Gasteiger partial charge in [0.15, 0.2) is 6.61 Å². The molecule has 0 saturated heterocycles. The average molecular weight is 578 g/mol. The summed E-state index contributed by atoms with van der Waals surface area (Å²) < 4.78 is 32.3. The molecule has 0 radical (unpaired) electrons. The summed E-state index contributed by atoms with van der Waals surface area (Å²) in [6.45, 7) is 5.13. The van der Waals surface area contributed by atoms with E-state index in [1.54, 1.807) is 19.9 Å². The molecule has 1 aromatic carbocycles. The van der Waals surface area contributed by atoms with Crippen LogP contribution in [0.3, 0.4) is 0 Å². The summed E-state index contributed by atoms with van der Waals surface area (Å²) in [7, 11) is 0. The molecule has 0 spiro atoms. The van der Waals surface area contributed by atoms with Crippen molar-refractivity contribution in [2.45, 2.75) is 71.8 Å². The van der Waals surface area contributed by atoms with Crippen molar-refractivity contribution in [3.8, 4) is 11.4 Å². The number of aryl methyl sites for hydroxylation is 1. The minimum Gasteiger partial charge on any atom is -0.457 e. The number of esters is 3. The number of hydrogen-bond donors (Lipinski definition) is 1. The van der Waals surface area contributed by atoms with Crippen molar-refractivity contribution >= 4 is 34.7 Å². The third-order valence-corrected chi connectivity index (χ3v) is 8.41. The number of nitrogens with zero attached hydrogens (tertiary/aromatic N) is 2. The second kappa shape index (κ2) is 9.74. The SMILES string of the molecule is CC[C@@]1(OC(C)=O)C(=O)OCc2c1cc1n(c2=O)Cc2c-1nc1cc(F)c(C)c3c1c2[C@@H](NC(=O)COC(C)=O)CC3. The minimum absolute atomic E-state index is 0.0366. The number of carbonyl (C=O) groups is 4. The fourth-order valence-electron chi connectivity index (χ4n) is 6.50. The number of halogens is 1. The topological polar surface area (TPSA) is 143 Å². The highest BCUT2D eigenvalue weighted by atomic mass is 19.1. The third kappa shape index (κ3) is 3.99. The first kappa shape index (κ1) is 27.6. The Balaban J connectivity index is 1.58. The summed E-state index contributed by atoms with van der Waals surface area (Å²) in [5.74, 6) is -2.98. The molecule has 0 saturated carbocycles. The first-order valence-corrected chi connectivity index (χ1v) is 13.7. The van der Waals surface area contributed by atoms with Crippen LogP contribution in [0.15, 0.2) is 16.9 Å². The van der Waals surface area contributed by atoms with Crippen LogP contribution in [-0.4, -0.2) is 40.0 Å². The van der Waals surface area contributed by atoms with Crippen molar-refractivity contribution in [3.05, 3.63) is 61.7 Å². The smallest absolute Gasteiger partial charge is 0.355 e. The summed E-state index contributed by atoms with van der Waals surface area (Å²) >= 11 is 0. The lowest BCUT2D eigenvalue weighted by Gasteiger charge is -2.35. The number of benzene rings is 1. The number of nitrogens with one attached hydrogen (secondary N) is 1. The second-order valence-electron chi connectivity index (χ2n) is 10.8. The number of ether oxygens (including phenoxy) is 3. The van der Waals surface area contributed by atoms with E-state index in [2.05, 4.69) is 5.32 Å². The van der Waals surface area contributed by atoms with Gasteiger partial charge in [-0.05, 0) is 48.9 Å². The molecule has 0 bridgehead atoms. The van der Waals surface area contributed by atoms with Gasteiger partial charge in [0.05, 0.1) is 35.1 Å². The number of aromatic nitrogens is 2. The highest BCUT2D eigenvalue weighted by Crippen LogP contribution is 2.46. The average Bonchev–Trinajstić information content (AvgIpc) is 3.31. The fraction of sp³-hybridized carbons (Fsp3) is 0.400. The second-order valence-corrected chi connectivity index (χ2v) is 10.8. The molecule has 12 heteroatoms. The largest absolute Gasteiger partial charge is 0.457 e. The predicted octanol–water partition coefficient (Wildman–Crippen LogP) is 2.76. The third-order valence-electron chi connectivity index (χ3n) is 8.41. The van der Waals surface area contributed by atoms with Crippen LogP contribution < -0.4 is 10.9 Å². The van der Waals surface area contributed by atoms with E-state index in [9.17, 15) is 24.0 Å². The summed E-state index contributed by atoms with van der Waals surface area (Å²) in [5, 5.41) is 3.65. The Morgan fingerprint density at radius 2 is 1.93 bits per heavy atom. The van der Waals surface area contributed by atoms with Gasteiger partial charge in [0.1, 0.15) is 12.4 Å². The number of carbonyl (C=O) groups excluding carboxylic acids is 4.